The van der Waals surface area contributed by atoms with Gasteiger partial charge in [-0.25, -0.2) is 4.79 Å². The molecule has 1 saturated heterocycles. The van der Waals surface area contributed by atoms with E-state index in [-0.39, 0.29) is 24.8 Å². The summed E-state index contributed by atoms with van der Waals surface area (Å²) in [6.07, 6.45) is 2.11. The normalized spacial score (nSPS) is 32.1. The zero-order chi connectivity index (χ0) is 36.5. The van der Waals surface area contributed by atoms with Gasteiger partial charge in [0.05, 0.1) is 7.39 Å². The molecule has 5 atom stereocenters. The Morgan fingerprint density at radius 2 is 1.73 bits per heavy atom. The third kappa shape index (κ3) is 6.26. The molecule has 5 amide bonds. The third-order valence-corrected chi connectivity index (χ3v) is 7.94. The van der Waals surface area contributed by atoms with Crippen molar-refractivity contribution in [3.05, 3.63) is 0 Å². The number of ketones is 1. The first kappa shape index (κ1) is 17.8. The number of nitrogens with two attached hydrogens (primary N) is 1. The van der Waals surface area contributed by atoms with Gasteiger partial charge in [-0.3, -0.25) is 19.2 Å². The van der Waals surface area contributed by atoms with E-state index >= 15 is 0 Å². The number of piperidine rings is 1. The highest BCUT2D eigenvalue weighted by atomic mass is 16.2. The minimum absolute atomic E-state index is 0.0333. The maximum absolute atomic E-state index is 14.2. The molecule has 37 heavy (non-hydrogen) atoms. The fourth-order valence-corrected chi connectivity index (χ4v) is 5.52. The number of amides is 5. The van der Waals surface area contributed by atoms with Crippen LogP contribution in [0.25, 0.3) is 0 Å². The van der Waals surface area contributed by atoms with Crippen molar-refractivity contribution in [2.45, 2.75) is 104 Å². The lowest BCUT2D eigenvalue weighted by atomic mass is 9.80. The maximum Gasteiger partial charge on any atom is 0.315 e. The summed E-state index contributed by atoms with van der Waals surface area (Å²) in [6, 6.07) is -6.70. The first-order chi connectivity index (χ1) is 20.9. The molecule has 10 heteroatoms. The summed E-state index contributed by atoms with van der Waals surface area (Å²) < 4.78 is 78.8. The number of fused-ring (bicyclic) bond motifs is 1. The van der Waals surface area contributed by atoms with Crippen LogP contribution in [-0.2, 0) is 19.2 Å². The topological polar surface area (TPSA) is 151 Å². The largest absolute Gasteiger partial charge is 0.363 e. The molecular formula is C27H45N5O5. The maximum atomic E-state index is 14.2. The summed E-state index contributed by atoms with van der Waals surface area (Å²) in [5.41, 5.74) is -0.0485. The van der Waals surface area contributed by atoms with Gasteiger partial charge in [-0.15, -0.1) is 0 Å². The molecule has 0 unspecified atom stereocenters. The molecule has 3 aliphatic rings. The van der Waals surface area contributed by atoms with Gasteiger partial charge in [0.2, 0.25) is 17.6 Å². The zero-order valence-corrected chi connectivity index (χ0v) is 22.0. The Bertz CT molecular complexity index is 1270. The molecule has 0 aromatic carbocycles. The average Bonchev–Trinajstić information content (AvgIpc) is 3.17. The molecular weight excluding hydrogens is 474 g/mol. The van der Waals surface area contributed by atoms with Crippen molar-refractivity contribution in [2.24, 2.45) is 34.3 Å². The molecule has 1 heterocycles. The Hall–Kier alpha value is -2.65. The van der Waals surface area contributed by atoms with Gasteiger partial charge in [-0.05, 0) is 55.6 Å². The molecule has 1 aliphatic heterocycles. The molecule has 208 valence electrons. The number of Topliss-reactive ketones (excluding diaryl/α,β-unsaturated/α-hetero) is 1. The molecule has 0 aromatic heterocycles. The van der Waals surface area contributed by atoms with Crippen molar-refractivity contribution >= 4 is 29.5 Å². The van der Waals surface area contributed by atoms with Crippen molar-refractivity contribution in [1.29, 1.82) is 0 Å². The fraction of sp³-hybridized carbons (Fsp3) is 0.815. The first-order valence-corrected chi connectivity index (χ1v) is 12.5. The van der Waals surface area contributed by atoms with Crippen molar-refractivity contribution < 1.29 is 37.7 Å². The summed E-state index contributed by atoms with van der Waals surface area (Å²) in [5.74, 6) is -5.10. The van der Waals surface area contributed by atoms with Gasteiger partial charge in [0, 0.05) is 24.4 Å². The van der Waals surface area contributed by atoms with Gasteiger partial charge in [-0.1, -0.05) is 53.9 Å². The van der Waals surface area contributed by atoms with Crippen LogP contribution in [0.15, 0.2) is 0 Å². The van der Waals surface area contributed by atoms with E-state index in [4.69, 9.17) is 19.4 Å². The number of hydrogen-bond acceptors (Lipinski definition) is 5. The lowest BCUT2D eigenvalue weighted by Crippen LogP contribution is -2.62. The Morgan fingerprint density at radius 3 is 2.22 bits per heavy atom. The smallest absolute Gasteiger partial charge is 0.315 e. The van der Waals surface area contributed by atoms with Crippen LogP contribution in [0.5, 0.6) is 0 Å². The molecule has 0 aromatic rings. The highest BCUT2D eigenvalue weighted by Gasteiger charge is 2.70. The van der Waals surface area contributed by atoms with Crippen molar-refractivity contribution in [2.75, 3.05) is 6.54 Å². The molecule has 0 bridgehead atoms. The van der Waals surface area contributed by atoms with E-state index in [0.29, 0.717) is 12.8 Å². The van der Waals surface area contributed by atoms with Crippen LogP contribution in [0.1, 0.15) is 94.6 Å². The van der Waals surface area contributed by atoms with E-state index < -0.39 is 90.5 Å². The van der Waals surface area contributed by atoms with Crippen molar-refractivity contribution in [1.82, 2.24) is 20.9 Å². The van der Waals surface area contributed by atoms with Gasteiger partial charge in [0.15, 0.2) is 0 Å². The quantitative estimate of drug-likeness (QED) is 0.353. The number of nitrogens with one attached hydrogen (secondary N) is 3. The zero-order valence-electron chi connectivity index (χ0n) is 32.0. The van der Waals surface area contributed by atoms with Crippen LogP contribution in [0.3, 0.4) is 0 Å². The summed E-state index contributed by atoms with van der Waals surface area (Å²) in [5, 5.41) is 6.31. The lowest BCUT2D eigenvalue weighted by molar-refractivity contribution is -0.145. The van der Waals surface area contributed by atoms with Crippen LogP contribution in [0, 0.1) is 28.6 Å². The van der Waals surface area contributed by atoms with Crippen LogP contribution in [0.2, 0.25) is 0 Å². The predicted molar refractivity (Wildman–Crippen MR) is 139 cm³/mol. The minimum Gasteiger partial charge on any atom is -0.363 e. The number of carbonyl (C=O) groups is 5. The molecule has 10 nitrogen and oxygen atoms in total. The standard InChI is InChI=1S/C27H45N5O5/c1-25(2,3)20(30-24(37)31-26(4,5)6)23(36)32-13-15-17(27(15,7)8)18(32)22(35)29-16(19(33)21(28)34)12-14-10-9-11-14/h14-18,20H,9-13H2,1-8H3,(H2,28,34)(H,29,35)(H2,30,31,37)/t15-,16+,17-,18-,20+/m0/s1/i4D3,5D3,6D3,16D. The number of carbonyl (C=O) groups excluding carboxylic acids is 5. The molecule has 2 aliphatic carbocycles. The molecule has 3 rings (SSSR count). The highest BCUT2D eigenvalue weighted by molar-refractivity contribution is 6.37. The summed E-state index contributed by atoms with van der Waals surface area (Å²) in [6.45, 7) is -2.81. The van der Waals surface area contributed by atoms with E-state index in [9.17, 15) is 24.0 Å². The number of primary amides is 1. The van der Waals surface area contributed by atoms with Gasteiger partial charge in [-0.2, -0.15) is 0 Å². The summed E-state index contributed by atoms with van der Waals surface area (Å²) in [4.78, 5) is 67.2. The summed E-state index contributed by atoms with van der Waals surface area (Å²) in [7, 11) is 0. The van der Waals surface area contributed by atoms with Gasteiger partial charge in [0.25, 0.3) is 5.91 Å². The average molecular weight is 530 g/mol. The Balaban J connectivity index is 1.96. The van der Waals surface area contributed by atoms with E-state index in [1.165, 1.54) is 25.7 Å². The predicted octanol–water partition coefficient (Wildman–Crippen LogP) is 1.71. The Kier molecular flexibility index (Phi) is 4.76. The second-order valence-electron chi connectivity index (χ2n) is 12.2. The molecule has 5 N–H and O–H groups in total. The first-order valence-electron chi connectivity index (χ1n) is 17.5. The highest BCUT2D eigenvalue weighted by Crippen LogP contribution is 2.65. The second-order valence-corrected chi connectivity index (χ2v) is 12.2. The number of likely N-dealkylation sites (tertiary alicyclic amines) is 1. The van der Waals surface area contributed by atoms with E-state index in [1.54, 1.807) is 5.32 Å². The third-order valence-electron chi connectivity index (χ3n) is 7.94. The van der Waals surface area contributed by atoms with Crippen LogP contribution in [-0.4, -0.2) is 64.6 Å². The Labute approximate surface area is 234 Å². The van der Waals surface area contributed by atoms with Crippen LogP contribution < -0.4 is 21.7 Å². The van der Waals surface area contributed by atoms with Crippen molar-refractivity contribution in [3.8, 4) is 0 Å². The van der Waals surface area contributed by atoms with Gasteiger partial charge < -0.3 is 26.6 Å². The second kappa shape index (κ2) is 9.91. The van der Waals surface area contributed by atoms with Crippen LogP contribution in [0.4, 0.5) is 4.79 Å². The van der Waals surface area contributed by atoms with E-state index in [1.807, 2.05) is 13.8 Å². The SMILES string of the molecule is [2H]C([2H])([2H])C(NC(=O)N[C@H](C(=O)N1C[C@H]2[C@@H]([C@H]1C(=O)N[C@]([2H])(CC1CCC1)C(=O)C(N)=O)C2(C)C)C(C)(C)C)(C([2H])([2H])[2H])C([2H])([2H])[2H]. The molecule has 3 fully saturated rings. The summed E-state index contributed by atoms with van der Waals surface area (Å²) >= 11 is 0. The monoisotopic (exact) mass is 529 g/mol. The van der Waals surface area contributed by atoms with Gasteiger partial charge >= 0.3 is 6.03 Å². The number of urea groups is 1. The lowest BCUT2D eigenvalue weighted by Gasteiger charge is -2.38. The van der Waals surface area contributed by atoms with Gasteiger partial charge in [0.1, 0.15) is 12.1 Å². The van der Waals surface area contributed by atoms with E-state index in [0.717, 1.165) is 6.42 Å². The minimum atomic E-state index is -3.74. The molecule has 2 saturated carbocycles. The van der Waals surface area contributed by atoms with Crippen molar-refractivity contribution in [3.63, 3.8) is 0 Å². The molecule has 0 spiro atoms. The van der Waals surface area contributed by atoms with E-state index in [2.05, 4.69) is 10.6 Å². The fourth-order valence-electron chi connectivity index (χ4n) is 5.52. The number of hydrogen-bond donors (Lipinski definition) is 4. The molecule has 0 radical (unpaired) electrons. The Morgan fingerprint density at radius 1 is 1.11 bits per heavy atom. The number of rotatable bonds is 8. The van der Waals surface area contributed by atoms with Crippen LogP contribution >= 0.6 is 0 Å². The number of nitrogens with zero attached hydrogens (tertiary/aromatic N) is 1.